The Bertz CT molecular complexity index is 1640. The van der Waals surface area contributed by atoms with E-state index in [4.69, 9.17) is 0 Å². The highest BCUT2D eigenvalue weighted by Crippen LogP contribution is 2.33. The van der Waals surface area contributed by atoms with Gasteiger partial charge in [0.15, 0.2) is 0 Å². The van der Waals surface area contributed by atoms with E-state index >= 15 is 0 Å². The standard InChI is InChI=1S/C36H40N4O4S/c41-35(37-33(36(42)39-21-6-7-22-39)23-27-13-15-28(16-14-27)26-38-19-8-20-38)25-34(30-10-2-1-3-11-30)40(45(43)44)32-18-17-29-9-4-5-12-31(29)24-32/h1-5,9-18,24,33-34H,6-8,19-23,25-26H2,(H,37,41)(H,43,44). The molecule has 4 aromatic carbocycles. The number of amides is 2. The maximum absolute atomic E-state index is 13.8. The highest BCUT2D eigenvalue weighted by atomic mass is 32.2. The second-order valence-electron chi connectivity index (χ2n) is 12.0. The molecule has 3 unspecified atom stereocenters. The predicted molar refractivity (Wildman–Crippen MR) is 179 cm³/mol. The van der Waals surface area contributed by atoms with Crippen LogP contribution in [0.15, 0.2) is 97.1 Å². The van der Waals surface area contributed by atoms with E-state index in [-0.39, 0.29) is 18.2 Å². The molecular weight excluding hydrogens is 584 g/mol. The Balaban J connectivity index is 1.24. The van der Waals surface area contributed by atoms with E-state index in [2.05, 4.69) is 34.5 Å². The molecular formula is C36H40N4O4S. The first-order chi connectivity index (χ1) is 21.9. The number of nitrogens with zero attached hydrogens (tertiary/aromatic N) is 3. The molecule has 0 spiro atoms. The number of hydrogen-bond acceptors (Lipinski definition) is 4. The first-order valence-electron chi connectivity index (χ1n) is 15.8. The molecule has 2 N–H and O–H groups in total. The third-order valence-corrected chi connectivity index (χ3v) is 9.67. The van der Waals surface area contributed by atoms with E-state index in [1.807, 2.05) is 71.6 Å². The SMILES string of the molecule is O=C(CC(c1ccccc1)N(c1ccc2ccccc2c1)S(=O)O)NC(Cc1ccc(CN2CCC2)cc1)C(=O)N1CCCC1. The van der Waals surface area contributed by atoms with Crippen molar-refractivity contribution in [3.63, 3.8) is 0 Å². The molecule has 2 aliphatic rings. The summed E-state index contributed by atoms with van der Waals surface area (Å²) in [4.78, 5) is 31.8. The summed E-state index contributed by atoms with van der Waals surface area (Å²) in [6, 6.07) is 29.5. The summed E-state index contributed by atoms with van der Waals surface area (Å²) in [5.41, 5.74) is 3.47. The Morgan fingerprint density at radius 2 is 1.47 bits per heavy atom. The van der Waals surface area contributed by atoms with Crippen molar-refractivity contribution in [2.24, 2.45) is 0 Å². The van der Waals surface area contributed by atoms with Crippen LogP contribution in [0.3, 0.4) is 0 Å². The van der Waals surface area contributed by atoms with Crippen molar-refractivity contribution in [1.29, 1.82) is 0 Å². The third kappa shape index (κ3) is 7.61. The number of hydrogen-bond donors (Lipinski definition) is 2. The van der Waals surface area contributed by atoms with Crippen LogP contribution in [0.5, 0.6) is 0 Å². The predicted octanol–water partition coefficient (Wildman–Crippen LogP) is 5.47. The Labute approximate surface area is 267 Å². The van der Waals surface area contributed by atoms with E-state index in [1.54, 1.807) is 6.07 Å². The van der Waals surface area contributed by atoms with Gasteiger partial charge in [-0.05, 0) is 71.9 Å². The molecule has 0 aromatic heterocycles. The number of carbonyl (C=O) groups is 2. The summed E-state index contributed by atoms with van der Waals surface area (Å²) in [6.07, 6.45) is 3.42. The molecule has 9 heteroatoms. The molecule has 0 aliphatic carbocycles. The molecule has 8 nitrogen and oxygen atoms in total. The average Bonchev–Trinajstić information content (AvgIpc) is 3.58. The van der Waals surface area contributed by atoms with Crippen LogP contribution in [0.1, 0.15) is 48.4 Å². The lowest BCUT2D eigenvalue weighted by Crippen LogP contribution is -2.49. The molecule has 6 rings (SSSR count). The summed E-state index contributed by atoms with van der Waals surface area (Å²) < 4.78 is 24.9. The van der Waals surface area contributed by atoms with Gasteiger partial charge in [0.25, 0.3) is 11.3 Å². The minimum Gasteiger partial charge on any atom is -0.344 e. The minimum atomic E-state index is -2.43. The van der Waals surface area contributed by atoms with E-state index in [0.717, 1.165) is 54.4 Å². The van der Waals surface area contributed by atoms with Crippen LogP contribution in [0.4, 0.5) is 5.69 Å². The maximum Gasteiger partial charge on any atom is 0.262 e. The van der Waals surface area contributed by atoms with Crippen molar-refractivity contribution in [3.8, 4) is 0 Å². The quantitative estimate of drug-likeness (QED) is 0.204. The highest BCUT2D eigenvalue weighted by molar-refractivity contribution is 7.80. The van der Waals surface area contributed by atoms with Gasteiger partial charge in [0, 0.05) is 26.1 Å². The maximum atomic E-state index is 13.8. The molecule has 2 amide bonds. The molecule has 2 fully saturated rings. The molecule has 0 saturated carbocycles. The topological polar surface area (TPSA) is 93.2 Å². The Morgan fingerprint density at radius 1 is 0.800 bits per heavy atom. The lowest BCUT2D eigenvalue weighted by atomic mass is 10.00. The number of rotatable bonds is 12. The fraction of sp³-hybridized carbons (Fsp3) is 0.333. The summed E-state index contributed by atoms with van der Waals surface area (Å²) in [5, 5.41) is 4.97. The molecule has 2 aliphatic heterocycles. The van der Waals surface area contributed by atoms with Crippen molar-refractivity contribution in [3.05, 3.63) is 114 Å². The van der Waals surface area contributed by atoms with E-state index in [1.165, 1.54) is 16.3 Å². The van der Waals surface area contributed by atoms with Crippen LogP contribution in [0.25, 0.3) is 10.8 Å². The first kappa shape index (κ1) is 31.0. The monoisotopic (exact) mass is 624 g/mol. The zero-order valence-corrected chi connectivity index (χ0v) is 26.2. The fourth-order valence-electron chi connectivity index (χ4n) is 6.31. The van der Waals surface area contributed by atoms with Gasteiger partial charge in [-0.2, -0.15) is 0 Å². The van der Waals surface area contributed by atoms with Crippen molar-refractivity contribution < 1.29 is 18.4 Å². The Kier molecular flexibility index (Phi) is 9.88. The summed E-state index contributed by atoms with van der Waals surface area (Å²) in [6.45, 7) is 4.56. The van der Waals surface area contributed by atoms with Crippen LogP contribution in [-0.4, -0.2) is 62.6 Å². The van der Waals surface area contributed by atoms with Gasteiger partial charge in [-0.15, -0.1) is 0 Å². The second kappa shape index (κ2) is 14.4. The number of benzene rings is 4. The molecule has 0 bridgehead atoms. The molecule has 45 heavy (non-hydrogen) atoms. The lowest BCUT2D eigenvalue weighted by molar-refractivity contribution is -0.135. The zero-order valence-electron chi connectivity index (χ0n) is 25.4. The Hall–Kier alpha value is -4.05. The molecule has 0 radical (unpaired) electrons. The highest BCUT2D eigenvalue weighted by Gasteiger charge is 2.32. The lowest BCUT2D eigenvalue weighted by Gasteiger charge is -2.31. The normalized spacial score (nSPS) is 17.0. The van der Waals surface area contributed by atoms with E-state index < -0.39 is 23.4 Å². The molecule has 234 valence electrons. The number of carbonyl (C=O) groups excluding carboxylic acids is 2. The largest absolute Gasteiger partial charge is 0.344 e. The number of likely N-dealkylation sites (tertiary alicyclic amines) is 2. The Morgan fingerprint density at radius 3 is 2.13 bits per heavy atom. The number of anilines is 1. The van der Waals surface area contributed by atoms with Gasteiger partial charge < -0.3 is 10.2 Å². The van der Waals surface area contributed by atoms with Gasteiger partial charge >= 0.3 is 0 Å². The molecule has 2 saturated heterocycles. The zero-order chi connectivity index (χ0) is 31.2. The van der Waals surface area contributed by atoms with Crippen LogP contribution >= 0.6 is 0 Å². The minimum absolute atomic E-state index is 0.0844. The number of fused-ring (bicyclic) bond motifs is 1. The van der Waals surface area contributed by atoms with Gasteiger partial charge in [-0.1, -0.05) is 84.9 Å². The summed E-state index contributed by atoms with van der Waals surface area (Å²) in [5.74, 6) is -0.439. The fourth-order valence-corrected chi connectivity index (χ4v) is 7.01. The van der Waals surface area contributed by atoms with Crippen LogP contribution < -0.4 is 9.62 Å². The molecule has 4 aromatic rings. The molecule has 3 atom stereocenters. The van der Waals surface area contributed by atoms with Gasteiger partial charge in [-0.3, -0.25) is 23.3 Å². The smallest absolute Gasteiger partial charge is 0.262 e. The van der Waals surface area contributed by atoms with Crippen molar-refractivity contribution >= 4 is 39.5 Å². The van der Waals surface area contributed by atoms with Crippen molar-refractivity contribution in [1.82, 2.24) is 15.1 Å². The summed E-state index contributed by atoms with van der Waals surface area (Å²) >= 11 is -2.43. The summed E-state index contributed by atoms with van der Waals surface area (Å²) in [7, 11) is 0. The first-order valence-corrected chi connectivity index (χ1v) is 16.8. The van der Waals surface area contributed by atoms with Crippen LogP contribution in [0, 0.1) is 0 Å². The average molecular weight is 625 g/mol. The molecule has 2 heterocycles. The van der Waals surface area contributed by atoms with Crippen molar-refractivity contribution in [2.45, 2.75) is 50.7 Å². The van der Waals surface area contributed by atoms with Gasteiger partial charge in [0.05, 0.1) is 18.2 Å². The second-order valence-corrected chi connectivity index (χ2v) is 12.9. The van der Waals surface area contributed by atoms with Crippen LogP contribution in [-0.2, 0) is 33.8 Å². The number of nitrogens with one attached hydrogen (secondary N) is 1. The van der Waals surface area contributed by atoms with Crippen molar-refractivity contribution in [2.75, 3.05) is 30.5 Å². The van der Waals surface area contributed by atoms with Gasteiger partial charge in [0.1, 0.15) is 6.04 Å². The third-order valence-electron chi connectivity index (χ3n) is 8.87. The van der Waals surface area contributed by atoms with Crippen LogP contribution in [0.2, 0.25) is 0 Å². The van der Waals surface area contributed by atoms with E-state index in [0.29, 0.717) is 25.2 Å². The van der Waals surface area contributed by atoms with E-state index in [9.17, 15) is 18.4 Å². The van der Waals surface area contributed by atoms with Gasteiger partial charge in [0.2, 0.25) is 11.8 Å². The van der Waals surface area contributed by atoms with Gasteiger partial charge in [-0.25, -0.2) is 4.21 Å².